The van der Waals surface area contributed by atoms with Crippen molar-refractivity contribution in [3.8, 4) is 5.75 Å². The van der Waals surface area contributed by atoms with Gasteiger partial charge in [-0.1, -0.05) is 48.5 Å². The largest absolute Gasteiger partial charge is 0.496 e. The minimum absolute atomic E-state index is 0.357. The fourth-order valence-electron chi connectivity index (χ4n) is 3.52. The van der Waals surface area contributed by atoms with Crippen LogP contribution in [0.25, 0.3) is 11.2 Å². The standard InChI is InChI=1S/C23H25N5O2/c1-16-26-21(24-2)20-22(27-16)28(15-25-20)23(18-10-5-4-6-11-18)30-14-13-17-9-7-8-12-19(17)29-3/h4-12,15,23H,13-14H2,1-3H3,(H,24,26,27). The van der Waals surface area contributed by atoms with Gasteiger partial charge in [-0.05, 0) is 25.0 Å². The summed E-state index contributed by atoms with van der Waals surface area (Å²) in [5, 5.41) is 3.10. The first-order valence-electron chi connectivity index (χ1n) is 9.88. The zero-order valence-corrected chi connectivity index (χ0v) is 17.4. The Morgan fingerprint density at radius 1 is 1.03 bits per heavy atom. The molecule has 7 nitrogen and oxygen atoms in total. The highest BCUT2D eigenvalue weighted by atomic mass is 16.5. The summed E-state index contributed by atoms with van der Waals surface area (Å²) < 4.78 is 13.8. The van der Waals surface area contributed by atoms with Crippen molar-refractivity contribution in [2.75, 3.05) is 26.1 Å². The lowest BCUT2D eigenvalue weighted by Crippen LogP contribution is -2.16. The van der Waals surface area contributed by atoms with Crippen molar-refractivity contribution in [2.24, 2.45) is 0 Å². The first-order valence-corrected chi connectivity index (χ1v) is 9.88. The Labute approximate surface area is 175 Å². The average molecular weight is 403 g/mol. The third-order valence-corrected chi connectivity index (χ3v) is 4.95. The number of aromatic nitrogens is 4. The number of nitrogens with one attached hydrogen (secondary N) is 1. The molecule has 154 valence electrons. The number of para-hydroxylation sites is 1. The van der Waals surface area contributed by atoms with Crippen molar-refractivity contribution in [2.45, 2.75) is 19.6 Å². The molecule has 7 heteroatoms. The number of benzene rings is 2. The second kappa shape index (κ2) is 8.92. The summed E-state index contributed by atoms with van der Waals surface area (Å²) in [6.45, 7) is 2.39. The zero-order chi connectivity index (χ0) is 20.9. The second-order valence-corrected chi connectivity index (χ2v) is 6.89. The maximum absolute atomic E-state index is 6.38. The first kappa shape index (κ1) is 19.8. The third-order valence-electron chi connectivity index (χ3n) is 4.95. The van der Waals surface area contributed by atoms with E-state index < -0.39 is 0 Å². The average Bonchev–Trinajstić information content (AvgIpc) is 3.20. The number of hydrogen-bond acceptors (Lipinski definition) is 6. The summed E-state index contributed by atoms with van der Waals surface area (Å²) in [5.74, 6) is 2.25. The molecule has 4 aromatic rings. The maximum Gasteiger partial charge on any atom is 0.168 e. The molecule has 0 bridgehead atoms. The van der Waals surface area contributed by atoms with Gasteiger partial charge in [0.05, 0.1) is 20.0 Å². The van der Waals surface area contributed by atoms with Crippen LogP contribution in [0.1, 0.15) is 23.2 Å². The predicted molar refractivity (Wildman–Crippen MR) is 117 cm³/mol. The molecule has 2 aromatic heterocycles. The topological polar surface area (TPSA) is 74.1 Å². The van der Waals surface area contributed by atoms with Crippen molar-refractivity contribution >= 4 is 17.0 Å². The highest BCUT2D eigenvalue weighted by Crippen LogP contribution is 2.27. The zero-order valence-electron chi connectivity index (χ0n) is 17.4. The van der Waals surface area contributed by atoms with Gasteiger partial charge < -0.3 is 14.8 Å². The highest BCUT2D eigenvalue weighted by molar-refractivity contribution is 5.83. The third kappa shape index (κ3) is 3.97. The number of imidazole rings is 1. The van der Waals surface area contributed by atoms with Crippen molar-refractivity contribution in [1.82, 2.24) is 19.5 Å². The van der Waals surface area contributed by atoms with Crippen LogP contribution in [0.2, 0.25) is 0 Å². The van der Waals surface area contributed by atoms with Crippen LogP contribution in [0.3, 0.4) is 0 Å². The van der Waals surface area contributed by atoms with Gasteiger partial charge in [0.15, 0.2) is 23.2 Å². The van der Waals surface area contributed by atoms with E-state index in [-0.39, 0.29) is 6.23 Å². The summed E-state index contributed by atoms with van der Waals surface area (Å²) in [4.78, 5) is 13.6. The molecule has 30 heavy (non-hydrogen) atoms. The summed E-state index contributed by atoms with van der Waals surface area (Å²) in [6.07, 6.45) is 2.14. The lowest BCUT2D eigenvalue weighted by atomic mass is 10.1. The molecule has 0 radical (unpaired) electrons. The van der Waals surface area contributed by atoms with Crippen LogP contribution in [0, 0.1) is 6.92 Å². The van der Waals surface area contributed by atoms with E-state index in [1.807, 2.05) is 67.1 Å². The number of rotatable bonds is 8. The minimum Gasteiger partial charge on any atom is -0.496 e. The van der Waals surface area contributed by atoms with Gasteiger partial charge in [-0.3, -0.25) is 4.57 Å². The molecule has 0 aliphatic rings. The monoisotopic (exact) mass is 403 g/mol. The minimum atomic E-state index is -0.357. The lowest BCUT2D eigenvalue weighted by molar-refractivity contribution is 0.0361. The number of nitrogens with zero attached hydrogens (tertiary/aromatic N) is 4. The fraction of sp³-hybridized carbons (Fsp3) is 0.261. The smallest absolute Gasteiger partial charge is 0.168 e. The van der Waals surface area contributed by atoms with E-state index in [0.29, 0.717) is 18.2 Å². The van der Waals surface area contributed by atoms with Crippen LogP contribution in [0.4, 0.5) is 5.82 Å². The van der Waals surface area contributed by atoms with E-state index >= 15 is 0 Å². The molecular weight excluding hydrogens is 378 g/mol. The predicted octanol–water partition coefficient (Wildman–Crippen LogP) is 3.99. The molecule has 0 spiro atoms. The van der Waals surface area contributed by atoms with Crippen LogP contribution in [-0.2, 0) is 11.2 Å². The van der Waals surface area contributed by atoms with Crippen molar-refractivity contribution in [3.05, 3.63) is 77.9 Å². The number of ether oxygens (including phenoxy) is 2. The maximum atomic E-state index is 6.38. The molecule has 4 rings (SSSR count). The van der Waals surface area contributed by atoms with Crippen LogP contribution in [0.15, 0.2) is 60.9 Å². The molecule has 0 aliphatic heterocycles. The van der Waals surface area contributed by atoms with Crippen LogP contribution < -0.4 is 10.1 Å². The molecule has 0 saturated carbocycles. The summed E-state index contributed by atoms with van der Waals surface area (Å²) in [7, 11) is 3.52. The highest BCUT2D eigenvalue weighted by Gasteiger charge is 2.20. The molecule has 0 amide bonds. The number of methoxy groups -OCH3 is 1. The van der Waals surface area contributed by atoms with Crippen molar-refractivity contribution in [1.29, 1.82) is 0 Å². The second-order valence-electron chi connectivity index (χ2n) is 6.89. The van der Waals surface area contributed by atoms with E-state index in [1.165, 1.54) is 0 Å². The molecule has 1 N–H and O–H groups in total. The Bertz CT molecular complexity index is 1130. The van der Waals surface area contributed by atoms with E-state index in [0.717, 1.165) is 34.5 Å². The number of hydrogen-bond donors (Lipinski definition) is 1. The van der Waals surface area contributed by atoms with Gasteiger partial charge in [0.25, 0.3) is 0 Å². The van der Waals surface area contributed by atoms with E-state index in [4.69, 9.17) is 9.47 Å². The Hall–Kier alpha value is -3.45. The SMILES string of the molecule is CNc1nc(C)nc2c1ncn2C(OCCc1ccccc1OC)c1ccccc1. The Balaban J connectivity index is 1.66. The Kier molecular flexibility index (Phi) is 5.90. The van der Waals surface area contributed by atoms with Crippen LogP contribution in [-0.4, -0.2) is 40.3 Å². The summed E-state index contributed by atoms with van der Waals surface area (Å²) >= 11 is 0. The molecule has 1 unspecified atom stereocenters. The van der Waals surface area contributed by atoms with Gasteiger partial charge in [0.1, 0.15) is 11.6 Å². The first-order chi connectivity index (χ1) is 14.7. The van der Waals surface area contributed by atoms with E-state index in [9.17, 15) is 0 Å². The van der Waals surface area contributed by atoms with Gasteiger partial charge in [-0.15, -0.1) is 0 Å². The molecule has 0 fully saturated rings. The summed E-state index contributed by atoms with van der Waals surface area (Å²) in [5.41, 5.74) is 3.59. The number of anilines is 1. The summed E-state index contributed by atoms with van der Waals surface area (Å²) in [6, 6.07) is 18.1. The molecule has 1 atom stereocenters. The van der Waals surface area contributed by atoms with Crippen LogP contribution >= 0.6 is 0 Å². The van der Waals surface area contributed by atoms with Gasteiger partial charge in [-0.2, -0.15) is 0 Å². The van der Waals surface area contributed by atoms with Crippen LogP contribution in [0.5, 0.6) is 5.75 Å². The van der Waals surface area contributed by atoms with Gasteiger partial charge in [0, 0.05) is 12.6 Å². The van der Waals surface area contributed by atoms with E-state index in [1.54, 1.807) is 13.4 Å². The quantitative estimate of drug-likeness (QED) is 0.479. The molecule has 2 heterocycles. The number of fused-ring (bicyclic) bond motifs is 1. The number of aryl methyl sites for hydroxylation is 1. The Morgan fingerprint density at radius 3 is 2.57 bits per heavy atom. The lowest BCUT2D eigenvalue weighted by Gasteiger charge is -2.21. The van der Waals surface area contributed by atoms with Gasteiger partial charge >= 0.3 is 0 Å². The molecular formula is C23H25N5O2. The molecule has 0 aliphatic carbocycles. The normalized spacial score (nSPS) is 12.1. The molecule has 0 saturated heterocycles. The van der Waals surface area contributed by atoms with Crippen molar-refractivity contribution < 1.29 is 9.47 Å². The van der Waals surface area contributed by atoms with E-state index in [2.05, 4.69) is 26.3 Å². The van der Waals surface area contributed by atoms with Crippen molar-refractivity contribution in [3.63, 3.8) is 0 Å². The van der Waals surface area contributed by atoms with Gasteiger partial charge in [0.2, 0.25) is 0 Å². The van der Waals surface area contributed by atoms with Gasteiger partial charge in [-0.25, -0.2) is 15.0 Å². The Morgan fingerprint density at radius 2 is 1.80 bits per heavy atom. The molecule has 2 aromatic carbocycles. The fourth-order valence-corrected chi connectivity index (χ4v) is 3.52.